The molecule has 18 heavy (non-hydrogen) atoms. The molecule has 4 rings (SSSR count). The number of nitrogens with one attached hydrogen (secondary N) is 1. The van der Waals surface area contributed by atoms with Gasteiger partial charge in [-0.05, 0) is 56.5 Å². The van der Waals surface area contributed by atoms with Crippen LogP contribution in [0, 0.1) is 5.92 Å². The van der Waals surface area contributed by atoms with Crippen LogP contribution in [0.25, 0.3) is 0 Å². The Labute approximate surface area is 114 Å². The van der Waals surface area contributed by atoms with Crippen molar-refractivity contribution in [2.24, 2.45) is 5.92 Å². The van der Waals surface area contributed by atoms with Gasteiger partial charge in [0.05, 0.1) is 0 Å². The summed E-state index contributed by atoms with van der Waals surface area (Å²) in [6.07, 6.45) is 2.68. The van der Waals surface area contributed by atoms with E-state index in [2.05, 4.69) is 41.4 Å². The highest BCUT2D eigenvalue weighted by Gasteiger charge is 2.39. The molecular formula is C15H20N2S. The van der Waals surface area contributed by atoms with Gasteiger partial charge in [-0.1, -0.05) is 24.4 Å². The van der Waals surface area contributed by atoms with Crippen LogP contribution < -0.4 is 5.32 Å². The van der Waals surface area contributed by atoms with E-state index in [0.717, 1.165) is 11.5 Å². The van der Waals surface area contributed by atoms with Gasteiger partial charge in [-0.15, -0.1) is 0 Å². The summed E-state index contributed by atoms with van der Waals surface area (Å²) < 4.78 is 0. The normalized spacial score (nSPS) is 34.3. The van der Waals surface area contributed by atoms with Gasteiger partial charge in [0, 0.05) is 23.1 Å². The van der Waals surface area contributed by atoms with Crippen molar-refractivity contribution in [2.45, 2.75) is 31.8 Å². The van der Waals surface area contributed by atoms with Crippen molar-refractivity contribution in [3.63, 3.8) is 0 Å². The molecule has 3 aliphatic heterocycles. The van der Waals surface area contributed by atoms with Gasteiger partial charge in [-0.25, -0.2) is 0 Å². The van der Waals surface area contributed by atoms with Crippen LogP contribution in [-0.2, 0) is 0 Å². The van der Waals surface area contributed by atoms with E-state index in [1.807, 2.05) is 0 Å². The molecule has 0 aromatic heterocycles. The number of hydrogen-bond acceptors (Lipinski definition) is 3. The Bertz CT molecular complexity index is 436. The standard InChI is InChI=1S/C15H20N2S/c1-11-15(13-5-7-17(11)8-6-13)16-14-4-2-3-12(9-14)10-18/h2-4,9-11,13,15-16H,5-8H2,1H3/t11-,15-/m1/s1. The maximum Gasteiger partial charge on any atom is 0.0443 e. The fourth-order valence-electron chi connectivity index (χ4n) is 3.44. The molecule has 1 aromatic rings. The second-order valence-electron chi connectivity index (χ2n) is 5.53. The Kier molecular flexibility index (Phi) is 3.35. The molecule has 96 valence electrons. The van der Waals surface area contributed by atoms with E-state index in [0.29, 0.717) is 12.1 Å². The van der Waals surface area contributed by atoms with Gasteiger partial charge in [0.2, 0.25) is 0 Å². The van der Waals surface area contributed by atoms with E-state index in [9.17, 15) is 0 Å². The first kappa shape index (κ1) is 12.1. The van der Waals surface area contributed by atoms with E-state index in [4.69, 9.17) is 12.2 Å². The van der Waals surface area contributed by atoms with Crippen LogP contribution in [0.2, 0.25) is 0 Å². The topological polar surface area (TPSA) is 15.3 Å². The number of thiocarbonyl (C=S) groups is 1. The average molecular weight is 260 g/mol. The van der Waals surface area contributed by atoms with Gasteiger partial charge in [0.1, 0.15) is 0 Å². The van der Waals surface area contributed by atoms with Gasteiger partial charge in [-0.3, -0.25) is 4.90 Å². The molecule has 2 atom stereocenters. The van der Waals surface area contributed by atoms with Crippen LogP contribution in [0.4, 0.5) is 5.69 Å². The van der Waals surface area contributed by atoms with E-state index in [1.54, 1.807) is 5.37 Å². The molecule has 3 saturated heterocycles. The van der Waals surface area contributed by atoms with Gasteiger partial charge in [0.15, 0.2) is 0 Å². The Balaban J connectivity index is 1.77. The fraction of sp³-hybridized carbons (Fsp3) is 0.533. The summed E-state index contributed by atoms with van der Waals surface area (Å²) in [5.41, 5.74) is 2.32. The average Bonchev–Trinajstić information content (AvgIpc) is 2.43. The number of nitrogens with zero attached hydrogens (tertiary/aromatic N) is 1. The Morgan fingerprint density at radius 1 is 1.33 bits per heavy atom. The number of fused-ring (bicyclic) bond motifs is 3. The lowest BCUT2D eigenvalue weighted by atomic mass is 9.79. The maximum atomic E-state index is 5.00. The number of piperidine rings is 3. The molecule has 0 saturated carbocycles. The number of hydrogen-bond donors (Lipinski definition) is 1. The minimum atomic E-state index is 0.591. The summed E-state index contributed by atoms with van der Waals surface area (Å²) in [4.78, 5) is 2.61. The van der Waals surface area contributed by atoms with E-state index in [1.165, 1.54) is 31.6 Å². The third-order valence-corrected chi connectivity index (χ3v) is 4.81. The van der Waals surface area contributed by atoms with Crippen molar-refractivity contribution >= 4 is 23.3 Å². The van der Waals surface area contributed by atoms with Crippen molar-refractivity contribution in [3.05, 3.63) is 29.8 Å². The molecule has 0 aliphatic carbocycles. The van der Waals surface area contributed by atoms with Crippen molar-refractivity contribution in [1.29, 1.82) is 0 Å². The van der Waals surface area contributed by atoms with E-state index < -0.39 is 0 Å². The summed E-state index contributed by atoms with van der Waals surface area (Å²) in [7, 11) is 0. The third kappa shape index (κ3) is 2.17. The molecule has 1 N–H and O–H groups in total. The zero-order valence-electron chi connectivity index (χ0n) is 10.8. The Hall–Kier alpha value is -0.930. The van der Waals surface area contributed by atoms with Crippen molar-refractivity contribution in [2.75, 3.05) is 18.4 Å². The minimum Gasteiger partial charge on any atom is -0.380 e. The van der Waals surface area contributed by atoms with E-state index in [-0.39, 0.29) is 0 Å². The summed E-state index contributed by atoms with van der Waals surface area (Å²) in [5, 5.41) is 5.47. The van der Waals surface area contributed by atoms with E-state index >= 15 is 0 Å². The first-order valence-electron chi connectivity index (χ1n) is 6.84. The lowest BCUT2D eigenvalue weighted by Gasteiger charge is -2.50. The Morgan fingerprint density at radius 2 is 2.11 bits per heavy atom. The van der Waals surface area contributed by atoms with Crippen molar-refractivity contribution in [3.8, 4) is 0 Å². The minimum absolute atomic E-state index is 0.591. The SMILES string of the molecule is C[C@@H]1[C@@H](Nc2cccc(C=S)c2)C2CCN1CC2. The van der Waals surface area contributed by atoms with Crippen LogP contribution in [0.3, 0.4) is 0 Å². The molecular weight excluding hydrogens is 240 g/mol. The molecule has 3 aliphatic rings. The molecule has 1 aromatic carbocycles. The quantitative estimate of drug-likeness (QED) is 0.841. The molecule has 0 spiro atoms. The van der Waals surface area contributed by atoms with Crippen LogP contribution in [0.15, 0.2) is 24.3 Å². The second-order valence-corrected chi connectivity index (χ2v) is 5.76. The van der Waals surface area contributed by atoms with Gasteiger partial charge >= 0.3 is 0 Å². The first-order valence-corrected chi connectivity index (χ1v) is 7.31. The molecule has 0 radical (unpaired) electrons. The molecule has 0 unspecified atom stereocenters. The highest BCUT2D eigenvalue weighted by atomic mass is 32.1. The number of rotatable bonds is 3. The smallest absolute Gasteiger partial charge is 0.0443 e. The van der Waals surface area contributed by atoms with Crippen LogP contribution in [-0.4, -0.2) is 35.4 Å². The lowest BCUT2D eigenvalue weighted by Crippen LogP contribution is -2.59. The predicted octanol–water partition coefficient (Wildman–Crippen LogP) is 2.93. The predicted molar refractivity (Wildman–Crippen MR) is 80.4 cm³/mol. The molecule has 3 heteroatoms. The largest absolute Gasteiger partial charge is 0.380 e. The molecule has 0 amide bonds. The monoisotopic (exact) mass is 260 g/mol. The molecule has 3 heterocycles. The number of anilines is 1. The lowest BCUT2D eigenvalue weighted by molar-refractivity contribution is 0.0458. The third-order valence-electron chi connectivity index (χ3n) is 4.53. The highest BCUT2D eigenvalue weighted by molar-refractivity contribution is 7.79. The number of benzene rings is 1. The Morgan fingerprint density at radius 3 is 2.78 bits per heavy atom. The fourth-order valence-corrected chi connectivity index (χ4v) is 3.59. The molecule has 2 nitrogen and oxygen atoms in total. The van der Waals surface area contributed by atoms with Crippen LogP contribution in [0.5, 0.6) is 0 Å². The first-order chi connectivity index (χ1) is 8.78. The van der Waals surface area contributed by atoms with Gasteiger partial charge < -0.3 is 5.32 Å². The van der Waals surface area contributed by atoms with Crippen LogP contribution >= 0.6 is 12.2 Å². The zero-order valence-corrected chi connectivity index (χ0v) is 11.6. The maximum absolute atomic E-state index is 5.00. The summed E-state index contributed by atoms with van der Waals surface area (Å²) >= 11 is 5.00. The van der Waals surface area contributed by atoms with Gasteiger partial charge in [0.25, 0.3) is 0 Å². The van der Waals surface area contributed by atoms with Crippen molar-refractivity contribution in [1.82, 2.24) is 4.90 Å². The highest BCUT2D eigenvalue weighted by Crippen LogP contribution is 2.34. The zero-order chi connectivity index (χ0) is 12.5. The summed E-state index contributed by atoms with van der Waals surface area (Å²) in [6.45, 7) is 4.92. The molecule has 2 bridgehead atoms. The second kappa shape index (κ2) is 4.98. The van der Waals surface area contributed by atoms with Gasteiger partial charge in [-0.2, -0.15) is 0 Å². The van der Waals surface area contributed by atoms with Crippen molar-refractivity contribution < 1.29 is 0 Å². The summed E-state index contributed by atoms with van der Waals surface area (Å²) in [6, 6.07) is 9.66. The molecule has 3 fully saturated rings. The van der Waals surface area contributed by atoms with Crippen LogP contribution in [0.1, 0.15) is 25.3 Å². The summed E-state index contributed by atoms with van der Waals surface area (Å²) in [5.74, 6) is 0.834.